The molecule has 0 bridgehead atoms. The van der Waals surface area contributed by atoms with Crippen molar-refractivity contribution in [1.82, 2.24) is 19.8 Å². The highest BCUT2D eigenvalue weighted by Gasteiger charge is 2.24. The molecule has 0 spiro atoms. The monoisotopic (exact) mass is 284 g/mol. The van der Waals surface area contributed by atoms with Crippen molar-refractivity contribution in [3.05, 3.63) is 54.1 Å². The van der Waals surface area contributed by atoms with Crippen LogP contribution in [0.4, 0.5) is 0 Å². The second-order valence-corrected chi connectivity index (χ2v) is 5.62. The third kappa shape index (κ3) is 3.31. The molecule has 1 atom stereocenters. The van der Waals surface area contributed by atoms with Gasteiger partial charge >= 0.3 is 0 Å². The average molecular weight is 284 g/mol. The topological polar surface area (TPSA) is 50.2 Å². The van der Waals surface area contributed by atoms with E-state index in [9.17, 15) is 4.79 Å². The first kappa shape index (κ1) is 13.8. The van der Waals surface area contributed by atoms with Crippen molar-refractivity contribution in [3.8, 4) is 0 Å². The van der Waals surface area contributed by atoms with Crippen LogP contribution in [0.2, 0.25) is 0 Å². The minimum atomic E-state index is -0.0275. The smallest absolute Gasteiger partial charge is 0.226 e. The average Bonchev–Trinajstić information content (AvgIpc) is 2.85. The summed E-state index contributed by atoms with van der Waals surface area (Å²) in [6.07, 6.45) is 5.57. The van der Waals surface area contributed by atoms with E-state index >= 15 is 0 Å². The number of pyridine rings is 1. The Kier molecular flexibility index (Phi) is 4.01. The standard InChI is InChI=1S/C16H20N4O/c1-19-10-14(11-20-7-3-5-15(20)12-19)16(21)18-9-13-4-2-6-17-8-13/h2-8,14H,9-12H2,1H3,(H,18,21)/t14-/m0/s1. The van der Waals surface area contributed by atoms with Crippen LogP contribution in [0, 0.1) is 5.92 Å². The summed E-state index contributed by atoms with van der Waals surface area (Å²) >= 11 is 0. The minimum Gasteiger partial charge on any atom is -0.352 e. The van der Waals surface area contributed by atoms with E-state index in [1.807, 2.05) is 18.2 Å². The molecule has 0 fully saturated rings. The van der Waals surface area contributed by atoms with Gasteiger partial charge in [0.1, 0.15) is 0 Å². The Hall–Kier alpha value is -2.14. The van der Waals surface area contributed by atoms with Crippen molar-refractivity contribution in [3.63, 3.8) is 0 Å². The number of aromatic nitrogens is 2. The van der Waals surface area contributed by atoms with Crippen LogP contribution in [0.1, 0.15) is 11.3 Å². The molecule has 5 nitrogen and oxygen atoms in total. The fourth-order valence-electron chi connectivity index (χ4n) is 2.79. The van der Waals surface area contributed by atoms with Gasteiger partial charge in [-0.05, 0) is 30.8 Å². The van der Waals surface area contributed by atoms with Crippen LogP contribution in [0.15, 0.2) is 42.9 Å². The van der Waals surface area contributed by atoms with Gasteiger partial charge in [-0.1, -0.05) is 6.07 Å². The van der Waals surface area contributed by atoms with Crippen molar-refractivity contribution in [2.24, 2.45) is 5.92 Å². The first-order valence-electron chi connectivity index (χ1n) is 7.21. The lowest BCUT2D eigenvalue weighted by Gasteiger charge is -2.19. The summed E-state index contributed by atoms with van der Waals surface area (Å²) in [5.74, 6) is 0.0765. The van der Waals surface area contributed by atoms with Gasteiger partial charge in [0.2, 0.25) is 5.91 Å². The number of rotatable bonds is 3. The lowest BCUT2D eigenvalue weighted by molar-refractivity contribution is -0.126. The normalized spacial score (nSPS) is 18.8. The number of fused-ring (bicyclic) bond motifs is 1. The number of hydrogen-bond acceptors (Lipinski definition) is 3. The highest BCUT2D eigenvalue weighted by molar-refractivity contribution is 5.78. The second-order valence-electron chi connectivity index (χ2n) is 5.62. The Labute approximate surface area is 124 Å². The van der Waals surface area contributed by atoms with Crippen LogP contribution >= 0.6 is 0 Å². The van der Waals surface area contributed by atoms with Gasteiger partial charge in [0.05, 0.1) is 5.92 Å². The number of hydrogen-bond donors (Lipinski definition) is 1. The SMILES string of the molecule is CN1Cc2cccn2C[C@@H](C(=O)NCc2cccnc2)C1. The molecule has 2 aromatic heterocycles. The van der Waals surface area contributed by atoms with E-state index in [2.05, 4.69) is 39.1 Å². The van der Waals surface area contributed by atoms with Crippen molar-refractivity contribution < 1.29 is 4.79 Å². The molecule has 0 aliphatic carbocycles. The summed E-state index contributed by atoms with van der Waals surface area (Å²) in [7, 11) is 2.06. The molecule has 1 aliphatic heterocycles. The van der Waals surface area contributed by atoms with Crippen LogP contribution in [0.25, 0.3) is 0 Å². The molecular formula is C16H20N4O. The molecule has 0 aromatic carbocycles. The number of carbonyl (C=O) groups is 1. The van der Waals surface area contributed by atoms with Gasteiger partial charge in [0.25, 0.3) is 0 Å². The van der Waals surface area contributed by atoms with Crippen LogP contribution in [-0.2, 0) is 24.4 Å². The molecule has 3 heterocycles. The molecule has 21 heavy (non-hydrogen) atoms. The Morgan fingerprint density at radius 2 is 2.29 bits per heavy atom. The number of carbonyl (C=O) groups excluding carboxylic acids is 1. The molecular weight excluding hydrogens is 264 g/mol. The fourth-order valence-corrected chi connectivity index (χ4v) is 2.79. The number of amides is 1. The van der Waals surface area contributed by atoms with Crippen molar-refractivity contribution in [2.45, 2.75) is 19.6 Å². The lowest BCUT2D eigenvalue weighted by Crippen LogP contribution is -2.37. The fraction of sp³-hybridized carbons (Fsp3) is 0.375. The first-order valence-corrected chi connectivity index (χ1v) is 7.21. The molecule has 0 unspecified atom stereocenters. The molecule has 0 saturated carbocycles. The van der Waals surface area contributed by atoms with Crippen molar-refractivity contribution in [2.75, 3.05) is 13.6 Å². The van der Waals surface area contributed by atoms with E-state index in [1.54, 1.807) is 12.4 Å². The quantitative estimate of drug-likeness (QED) is 0.923. The minimum absolute atomic E-state index is 0.0275. The third-order valence-electron chi connectivity index (χ3n) is 3.86. The Balaban J connectivity index is 1.64. The molecule has 110 valence electrons. The van der Waals surface area contributed by atoms with Gasteiger partial charge in [-0.15, -0.1) is 0 Å². The zero-order valence-electron chi connectivity index (χ0n) is 12.2. The zero-order valence-corrected chi connectivity index (χ0v) is 12.2. The largest absolute Gasteiger partial charge is 0.352 e. The molecule has 0 radical (unpaired) electrons. The Bertz CT molecular complexity index is 608. The van der Waals surface area contributed by atoms with Crippen molar-refractivity contribution >= 4 is 5.91 Å². The van der Waals surface area contributed by atoms with Crippen LogP contribution in [0.3, 0.4) is 0 Å². The van der Waals surface area contributed by atoms with Gasteiger partial charge in [-0.2, -0.15) is 0 Å². The van der Waals surface area contributed by atoms with E-state index in [0.29, 0.717) is 6.54 Å². The third-order valence-corrected chi connectivity index (χ3v) is 3.86. The summed E-state index contributed by atoms with van der Waals surface area (Å²) in [6.45, 7) is 2.94. The highest BCUT2D eigenvalue weighted by atomic mass is 16.1. The van der Waals surface area contributed by atoms with Gasteiger partial charge < -0.3 is 9.88 Å². The summed E-state index contributed by atoms with van der Waals surface area (Å²) in [5.41, 5.74) is 2.29. The Morgan fingerprint density at radius 1 is 1.38 bits per heavy atom. The van der Waals surface area contributed by atoms with E-state index in [4.69, 9.17) is 0 Å². The Morgan fingerprint density at radius 3 is 3.10 bits per heavy atom. The molecule has 5 heteroatoms. The molecule has 1 amide bonds. The van der Waals surface area contributed by atoms with Crippen LogP contribution in [-0.4, -0.2) is 34.0 Å². The second kappa shape index (κ2) is 6.10. The predicted octanol–water partition coefficient (Wildman–Crippen LogP) is 1.26. The molecule has 1 aliphatic rings. The first-order chi connectivity index (χ1) is 10.2. The summed E-state index contributed by atoms with van der Waals surface area (Å²) in [4.78, 5) is 18.7. The number of nitrogens with zero attached hydrogens (tertiary/aromatic N) is 3. The molecule has 1 N–H and O–H groups in total. The van der Waals surface area contributed by atoms with Crippen LogP contribution < -0.4 is 5.32 Å². The van der Waals surface area contributed by atoms with Gasteiger partial charge in [0.15, 0.2) is 0 Å². The maximum absolute atomic E-state index is 12.4. The summed E-state index contributed by atoms with van der Waals surface area (Å²) in [5, 5.41) is 3.02. The van der Waals surface area contributed by atoms with Gasteiger partial charge in [0, 0.05) is 50.5 Å². The number of nitrogens with one attached hydrogen (secondary N) is 1. The summed E-state index contributed by atoms with van der Waals surface area (Å²) in [6, 6.07) is 8.01. The summed E-state index contributed by atoms with van der Waals surface area (Å²) < 4.78 is 2.18. The van der Waals surface area contributed by atoms with E-state index in [-0.39, 0.29) is 11.8 Å². The van der Waals surface area contributed by atoms with E-state index in [0.717, 1.165) is 25.2 Å². The van der Waals surface area contributed by atoms with E-state index < -0.39 is 0 Å². The van der Waals surface area contributed by atoms with Gasteiger partial charge in [-0.3, -0.25) is 14.7 Å². The van der Waals surface area contributed by atoms with Gasteiger partial charge in [-0.25, -0.2) is 0 Å². The maximum atomic E-state index is 12.4. The predicted molar refractivity (Wildman–Crippen MR) is 80.3 cm³/mol. The van der Waals surface area contributed by atoms with Crippen LogP contribution in [0.5, 0.6) is 0 Å². The van der Waals surface area contributed by atoms with E-state index in [1.165, 1.54) is 5.69 Å². The molecule has 0 saturated heterocycles. The zero-order chi connectivity index (χ0) is 14.7. The molecule has 2 aromatic rings. The lowest BCUT2D eigenvalue weighted by atomic mass is 10.1. The molecule has 3 rings (SSSR count). The highest BCUT2D eigenvalue weighted by Crippen LogP contribution is 2.16. The maximum Gasteiger partial charge on any atom is 0.226 e. The van der Waals surface area contributed by atoms with Crippen molar-refractivity contribution in [1.29, 1.82) is 0 Å².